The number of hydrogen-bond donors (Lipinski definition) is 0. The minimum absolute atomic E-state index is 0.386. The van der Waals surface area contributed by atoms with Gasteiger partial charge in [0.1, 0.15) is 0 Å². The van der Waals surface area contributed by atoms with Crippen LogP contribution < -0.4 is 0 Å². The van der Waals surface area contributed by atoms with Gasteiger partial charge in [-0.25, -0.2) is 4.79 Å². The zero-order chi connectivity index (χ0) is 15.9. The number of hydrogen-bond acceptors (Lipinski definition) is 4. The molecule has 0 saturated carbocycles. The minimum atomic E-state index is -1.12. The largest absolute Gasteiger partial charge is 0.468 e. The predicted molar refractivity (Wildman–Crippen MR) is 82.7 cm³/mol. The highest BCUT2D eigenvalue weighted by atomic mass is 35.5. The smallest absolute Gasteiger partial charge is 0.338 e. The third-order valence-corrected chi connectivity index (χ3v) is 3.47. The zero-order valence-electron chi connectivity index (χ0n) is 11.9. The van der Waals surface area contributed by atoms with Crippen LogP contribution in [0.5, 0.6) is 0 Å². The Labute approximate surface area is 133 Å². The summed E-state index contributed by atoms with van der Waals surface area (Å²) in [5.74, 6) is -1.21. The van der Waals surface area contributed by atoms with Gasteiger partial charge in [-0.05, 0) is 17.7 Å². The number of methoxy groups -OCH3 is 1. The molecule has 5 heteroatoms. The van der Waals surface area contributed by atoms with Crippen LogP contribution in [-0.2, 0) is 14.3 Å². The van der Waals surface area contributed by atoms with Gasteiger partial charge in [-0.15, -0.1) is 11.6 Å². The summed E-state index contributed by atoms with van der Waals surface area (Å²) >= 11 is 6.11. The first-order valence-electron chi connectivity index (χ1n) is 6.66. The third-order valence-electron chi connectivity index (χ3n) is 3.06. The van der Waals surface area contributed by atoms with Crippen LogP contribution in [0.2, 0.25) is 0 Å². The summed E-state index contributed by atoms with van der Waals surface area (Å²) in [6.45, 7) is 0. The maximum Gasteiger partial charge on any atom is 0.338 e. The first-order chi connectivity index (χ1) is 10.6. The van der Waals surface area contributed by atoms with E-state index in [1.807, 2.05) is 6.07 Å². The Bertz CT molecular complexity index is 628. The second-order valence-electron chi connectivity index (χ2n) is 4.53. The third kappa shape index (κ3) is 3.86. The van der Waals surface area contributed by atoms with Crippen LogP contribution >= 0.6 is 11.6 Å². The fraction of sp³-hybridized carbons (Fsp3) is 0.176. The molecule has 0 heterocycles. The van der Waals surface area contributed by atoms with Crippen molar-refractivity contribution in [2.75, 3.05) is 7.11 Å². The number of carbonyl (C=O) groups excluding carboxylic acids is 2. The van der Waals surface area contributed by atoms with Gasteiger partial charge in [0, 0.05) is 0 Å². The number of esters is 2. The van der Waals surface area contributed by atoms with Gasteiger partial charge in [0.2, 0.25) is 0 Å². The van der Waals surface area contributed by atoms with Gasteiger partial charge in [-0.1, -0.05) is 48.5 Å². The Balaban J connectivity index is 2.25. The standard InChI is InChI=1S/C17H15ClO4/c1-21-17(20)14(18)15(12-8-4-2-5-9-12)22-16(19)13-10-6-3-7-11-13/h2-11,14-15H,1H3/t14-,15-/m1/s1. The molecule has 2 aromatic rings. The number of carbonyl (C=O) groups is 2. The Hall–Kier alpha value is -2.33. The zero-order valence-corrected chi connectivity index (χ0v) is 12.7. The Morgan fingerprint density at radius 2 is 1.50 bits per heavy atom. The molecule has 0 saturated heterocycles. The van der Waals surface area contributed by atoms with Gasteiger partial charge in [0.05, 0.1) is 12.7 Å². The monoisotopic (exact) mass is 318 g/mol. The quantitative estimate of drug-likeness (QED) is 0.626. The molecule has 0 fully saturated rings. The maximum atomic E-state index is 12.2. The number of benzene rings is 2. The van der Waals surface area contributed by atoms with Crippen molar-refractivity contribution in [3.63, 3.8) is 0 Å². The number of alkyl halides is 1. The van der Waals surface area contributed by atoms with E-state index in [1.165, 1.54) is 7.11 Å². The fourth-order valence-corrected chi connectivity index (χ4v) is 2.22. The molecule has 114 valence electrons. The summed E-state index contributed by atoms with van der Waals surface area (Å²) in [6.07, 6.45) is -0.928. The molecule has 0 aliphatic carbocycles. The van der Waals surface area contributed by atoms with E-state index in [-0.39, 0.29) is 0 Å². The fourth-order valence-electron chi connectivity index (χ4n) is 1.93. The first kappa shape index (κ1) is 16.0. The summed E-state index contributed by atoms with van der Waals surface area (Å²) in [5, 5.41) is -1.12. The summed E-state index contributed by atoms with van der Waals surface area (Å²) in [7, 11) is 1.23. The van der Waals surface area contributed by atoms with Crippen LogP contribution in [0.1, 0.15) is 22.0 Å². The van der Waals surface area contributed by atoms with Gasteiger partial charge in [0.15, 0.2) is 11.5 Å². The van der Waals surface area contributed by atoms with E-state index in [2.05, 4.69) is 4.74 Å². The van der Waals surface area contributed by atoms with Gasteiger partial charge in [0.25, 0.3) is 0 Å². The van der Waals surface area contributed by atoms with Crippen LogP contribution in [-0.4, -0.2) is 24.4 Å². The second kappa shape index (κ2) is 7.61. The van der Waals surface area contributed by atoms with E-state index in [0.717, 1.165) is 0 Å². The van der Waals surface area contributed by atoms with Gasteiger partial charge in [-0.3, -0.25) is 4.79 Å². The molecule has 0 aliphatic heterocycles. The van der Waals surface area contributed by atoms with Crippen molar-refractivity contribution in [3.8, 4) is 0 Å². The van der Waals surface area contributed by atoms with E-state index in [1.54, 1.807) is 54.6 Å². The lowest BCUT2D eigenvalue weighted by Gasteiger charge is -2.21. The van der Waals surface area contributed by atoms with Crippen LogP contribution in [0.25, 0.3) is 0 Å². The molecule has 0 N–H and O–H groups in total. The molecule has 0 radical (unpaired) electrons. The lowest BCUT2D eigenvalue weighted by Crippen LogP contribution is -2.28. The summed E-state index contributed by atoms with van der Waals surface area (Å²) in [5.41, 5.74) is 1.01. The highest BCUT2D eigenvalue weighted by Gasteiger charge is 2.32. The SMILES string of the molecule is COC(=O)[C@H](Cl)[C@H](OC(=O)c1ccccc1)c1ccccc1. The lowest BCUT2D eigenvalue weighted by molar-refractivity contribution is -0.142. The van der Waals surface area contributed by atoms with E-state index in [4.69, 9.17) is 16.3 Å². The molecule has 4 nitrogen and oxygen atoms in total. The van der Waals surface area contributed by atoms with Crippen molar-refractivity contribution in [1.82, 2.24) is 0 Å². The molecular weight excluding hydrogens is 304 g/mol. The van der Waals surface area contributed by atoms with Crippen molar-refractivity contribution in [2.45, 2.75) is 11.5 Å². The van der Waals surface area contributed by atoms with E-state index in [0.29, 0.717) is 11.1 Å². The van der Waals surface area contributed by atoms with Crippen molar-refractivity contribution in [1.29, 1.82) is 0 Å². The predicted octanol–water partition coefficient (Wildman–Crippen LogP) is 3.37. The van der Waals surface area contributed by atoms with Crippen LogP contribution in [0.15, 0.2) is 60.7 Å². The highest BCUT2D eigenvalue weighted by Crippen LogP contribution is 2.27. The molecule has 2 rings (SSSR count). The highest BCUT2D eigenvalue weighted by molar-refractivity contribution is 6.30. The topological polar surface area (TPSA) is 52.6 Å². The number of rotatable bonds is 5. The van der Waals surface area contributed by atoms with Crippen molar-refractivity contribution in [2.24, 2.45) is 0 Å². The van der Waals surface area contributed by atoms with Crippen LogP contribution in [0.4, 0.5) is 0 Å². The number of halogens is 1. The molecule has 0 unspecified atom stereocenters. The van der Waals surface area contributed by atoms with Gasteiger partial charge in [-0.2, -0.15) is 0 Å². The normalized spacial score (nSPS) is 13.0. The molecular formula is C17H15ClO4. The van der Waals surface area contributed by atoms with Crippen LogP contribution in [0.3, 0.4) is 0 Å². The van der Waals surface area contributed by atoms with Crippen LogP contribution in [0, 0.1) is 0 Å². The van der Waals surface area contributed by atoms with E-state index < -0.39 is 23.4 Å². The van der Waals surface area contributed by atoms with Gasteiger partial charge < -0.3 is 9.47 Å². The minimum Gasteiger partial charge on any atom is -0.468 e. The average Bonchev–Trinajstić information content (AvgIpc) is 2.59. The molecule has 0 spiro atoms. The Morgan fingerprint density at radius 1 is 0.955 bits per heavy atom. The molecule has 0 aromatic heterocycles. The molecule has 22 heavy (non-hydrogen) atoms. The number of ether oxygens (including phenoxy) is 2. The second-order valence-corrected chi connectivity index (χ2v) is 5.00. The average molecular weight is 319 g/mol. The lowest BCUT2D eigenvalue weighted by atomic mass is 10.1. The Morgan fingerprint density at radius 3 is 2.05 bits per heavy atom. The summed E-state index contributed by atoms with van der Waals surface area (Å²) in [6, 6.07) is 17.4. The maximum absolute atomic E-state index is 12.2. The molecule has 2 atom stereocenters. The molecule has 0 bridgehead atoms. The summed E-state index contributed by atoms with van der Waals surface area (Å²) < 4.78 is 10.1. The van der Waals surface area contributed by atoms with E-state index >= 15 is 0 Å². The molecule has 0 aliphatic rings. The Kier molecular flexibility index (Phi) is 5.55. The molecule has 0 amide bonds. The molecule has 2 aromatic carbocycles. The summed E-state index contributed by atoms with van der Waals surface area (Å²) in [4.78, 5) is 23.9. The van der Waals surface area contributed by atoms with Crippen molar-refractivity contribution < 1.29 is 19.1 Å². The van der Waals surface area contributed by atoms with E-state index in [9.17, 15) is 9.59 Å². The van der Waals surface area contributed by atoms with Crippen molar-refractivity contribution >= 4 is 23.5 Å². The van der Waals surface area contributed by atoms with Gasteiger partial charge >= 0.3 is 11.9 Å². The van der Waals surface area contributed by atoms with Crippen molar-refractivity contribution in [3.05, 3.63) is 71.8 Å². The first-order valence-corrected chi connectivity index (χ1v) is 7.10.